The van der Waals surface area contributed by atoms with Gasteiger partial charge < -0.3 is 19.7 Å². The van der Waals surface area contributed by atoms with E-state index in [2.05, 4.69) is 20.2 Å². The molecule has 7 heteroatoms. The van der Waals surface area contributed by atoms with Crippen LogP contribution in [-0.2, 0) is 6.54 Å². The highest BCUT2D eigenvalue weighted by molar-refractivity contribution is 5.97. The van der Waals surface area contributed by atoms with Gasteiger partial charge in [-0.05, 0) is 31.0 Å². The third-order valence-corrected chi connectivity index (χ3v) is 4.18. The fourth-order valence-electron chi connectivity index (χ4n) is 2.92. The first-order valence-corrected chi connectivity index (χ1v) is 8.29. The zero-order valence-electron chi connectivity index (χ0n) is 14.5. The SMILES string of the molecule is COc1cccc(C(=O)NCc2nccc(N3CCCC3)n2)c1OC. The van der Waals surface area contributed by atoms with Gasteiger partial charge in [-0.25, -0.2) is 9.97 Å². The Balaban J connectivity index is 1.69. The molecule has 0 radical (unpaired) electrons. The number of nitrogens with one attached hydrogen (secondary N) is 1. The molecule has 7 nitrogen and oxygen atoms in total. The summed E-state index contributed by atoms with van der Waals surface area (Å²) in [6.45, 7) is 2.29. The molecule has 1 aliphatic rings. The smallest absolute Gasteiger partial charge is 0.255 e. The minimum absolute atomic E-state index is 0.251. The van der Waals surface area contributed by atoms with Crippen molar-refractivity contribution in [2.45, 2.75) is 19.4 Å². The lowest BCUT2D eigenvalue weighted by Crippen LogP contribution is -2.25. The van der Waals surface area contributed by atoms with Crippen LogP contribution in [0.3, 0.4) is 0 Å². The van der Waals surface area contributed by atoms with E-state index in [-0.39, 0.29) is 12.5 Å². The Hall–Kier alpha value is -2.83. The van der Waals surface area contributed by atoms with Crippen molar-refractivity contribution in [2.75, 3.05) is 32.2 Å². The van der Waals surface area contributed by atoms with Crippen molar-refractivity contribution in [1.29, 1.82) is 0 Å². The normalized spacial score (nSPS) is 13.6. The number of benzene rings is 1. The number of methoxy groups -OCH3 is 2. The number of carbonyl (C=O) groups excluding carboxylic acids is 1. The van der Waals surface area contributed by atoms with Gasteiger partial charge in [0.2, 0.25) is 0 Å². The number of carbonyl (C=O) groups is 1. The van der Waals surface area contributed by atoms with Crippen LogP contribution >= 0.6 is 0 Å². The van der Waals surface area contributed by atoms with Crippen LogP contribution in [-0.4, -0.2) is 43.2 Å². The minimum atomic E-state index is -0.258. The van der Waals surface area contributed by atoms with Crippen LogP contribution < -0.4 is 19.7 Å². The lowest BCUT2D eigenvalue weighted by atomic mass is 10.1. The Labute approximate surface area is 147 Å². The quantitative estimate of drug-likeness (QED) is 0.865. The first-order valence-electron chi connectivity index (χ1n) is 8.29. The topological polar surface area (TPSA) is 76.6 Å². The molecule has 1 amide bonds. The summed E-state index contributed by atoms with van der Waals surface area (Å²) in [5, 5.41) is 2.84. The second-order valence-electron chi connectivity index (χ2n) is 5.75. The standard InChI is InChI=1S/C18H22N4O3/c1-24-14-7-5-6-13(17(14)25-2)18(23)20-12-15-19-9-8-16(21-15)22-10-3-4-11-22/h5-9H,3-4,10-12H2,1-2H3,(H,20,23). The zero-order valence-corrected chi connectivity index (χ0v) is 14.5. The van der Waals surface area contributed by atoms with Crippen LogP contribution in [0, 0.1) is 0 Å². The van der Waals surface area contributed by atoms with E-state index in [1.54, 1.807) is 24.4 Å². The molecule has 0 atom stereocenters. The molecule has 0 unspecified atom stereocenters. The molecule has 132 valence electrons. The van der Waals surface area contributed by atoms with Crippen LogP contribution in [0.1, 0.15) is 29.0 Å². The van der Waals surface area contributed by atoms with Gasteiger partial charge in [0.1, 0.15) is 11.6 Å². The van der Waals surface area contributed by atoms with Gasteiger partial charge in [0.05, 0.1) is 26.3 Å². The molecule has 1 aromatic carbocycles. The maximum atomic E-state index is 12.5. The third kappa shape index (κ3) is 3.81. The summed E-state index contributed by atoms with van der Waals surface area (Å²) >= 11 is 0. The van der Waals surface area contributed by atoms with E-state index in [1.165, 1.54) is 27.1 Å². The molecule has 2 aromatic rings. The fraction of sp³-hybridized carbons (Fsp3) is 0.389. The van der Waals surface area contributed by atoms with Crippen molar-refractivity contribution >= 4 is 11.7 Å². The first-order chi connectivity index (χ1) is 12.2. The van der Waals surface area contributed by atoms with Gasteiger partial charge in [-0.3, -0.25) is 4.79 Å². The highest BCUT2D eigenvalue weighted by Crippen LogP contribution is 2.30. The summed E-state index contributed by atoms with van der Waals surface area (Å²) in [5.41, 5.74) is 0.414. The Kier molecular flexibility index (Phi) is 5.33. The number of para-hydroxylation sites is 1. The molecule has 2 heterocycles. The molecule has 1 fully saturated rings. The summed E-state index contributed by atoms with van der Waals surface area (Å²) < 4.78 is 10.5. The molecule has 1 aromatic heterocycles. The number of hydrogen-bond donors (Lipinski definition) is 1. The lowest BCUT2D eigenvalue weighted by molar-refractivity contribution is 0.0946. The Bertz CT molecular complexity index is 745. The summed E-state index contributed by atoms with van der Waals surface area (Å²) in [5.74, 6) is 2.16. The molecular weight excluding hydrogens is 320 g/mol. The van der Waals surface area contributed by atoms with Gasteiger partial charge >= 0.3 is 0 Å². The number of rotatable bonds is 6. The van der Waals surface area contributed by atoms with E-state index >= 15 is 0 Å². The number of anilines is 1. The average Bonchev–Trinajstić information content (AvgIpc) is 3.20. The van der Waals surface area contributed by atoms with Crippen molar-refractivity contribution in [3.8, 4) is 11.5 Å². The molecule has 0 bridgehead atoms. The van der Waals surface area contributed by atoms with E-state index in [0.29, 0.717) is 22.9 Å². The number of amides is 1. The van der Waals surface area contributed by atoms with E-state index in [0.717, 1.165) is 18.9 Å². The van der Waals surface area contributed by atoms with Crippen LogP contribution in [0.4, 0.5) is 5.82 Å². The summed E-state index contributed by atoms with van der Waals surface area (Å²) in [7, 11) is 3.05. The van der Waals surface area contributed by atoms with Gasteiger partial charge in [0.15, 0.2) is 11.5 Å². The minimum Gasteiger partial charge on any atom is -0.493 e. The molecule has 0 spiro atoms. The van der Waals surface area contributed by atoms with Crippen LogP contribution in [0.15, 0.2) is 30.5 Å². The molecule has 1 N–H and O–H groups in total. The largest absolute Gasteiger partial charge is 0.493 e. The predicted octanol–water partition coefficient (Wildman–Crippen LogP) is 2.02. The highest BCUT2D eigenvalue weighted by Gasteiger charge is 2.17. The molecule has 1 saturated heterocycles. The van der Waals surface area contributed by atoms with Gasteiger partial charge in [0, 0.05) is 19.3 Å². The van der Waals surface area contributed by atoms with Gasteiger partial charge in [0.25, 0.3) is 5.91 Å². The second kappa shape index (κ2) is 7.83. The molecule has 0 aliphatic carbocycles. The van der Waals surface area contributed by atoms with Gasteiger partial charge in [-0.2, -0.15) is 0 Å². The molecule has 0 saturated carbocycles. The van der Waals surface area contributed by atoms with E-state index in [4.69, 9.17) is 9.47 Å². The highest BCUT2D eigenvalue weighted by atomic mass is 16.5. The maximum Gasteiger partial charge on any atom is 0.255 e. The molecule has 25 heavy (non-hydrogen) atoms. The van der Waals surface area contributed by atoms with Crippen molar-refractivity contribution in [3.63, 3.8) is 0 Å². The lowest BCUT2D eigenvalue weighted by Gasteiger charge is -2.16. The number of ether oxygens (including phenoxy) is 2. The monoisotopic (exact) mass is 342 g/mol. The second-order valence-corrected chi connectivity index (χ2v) is 5.75. The zero-order chi connectivity index (χ0) is 17.6. The van der Waals surface area contributed by atoms with Crippen molar-refractivity contribution < 1.29 is 14.3 Å². The van der Waals surface area contributed by atoms with Crippen molar-refractivity contribution in [2.24, 2.45) is 0 Å². The van der Waals surface area contributed by atoms with Gasteiger partial charge in [-0.1, -0.05) is 6.07 Å². The fourth-order valence-corrected chi connectivity index (χ4v) is 2.92. The Morgan fingerprint density at radius 2 is 2.00 bits per heavy atom. The van der Waals surface area contributed by atoms with Crippen LogP contribution in [0.25, 0.3) is 0 Å². The summed E-state index contributed by atoms with van der Waals surface area (Å²) in [4.78, 5) is 23.5. The Morgan fingerprint density at radius 1 is 1.20 bits per heavy atom. The average molecular weight is 342 g/mol. The van der Waals surface area contributed by atoms with E-state index in [9.17, 15) is 4.79 Å². The summed E-state index contributed by atoms with van der Waals surface area (Å²) in [6.07, 6.45) is 4.10. The van der Waals surface area contributed by atoms with E-state index in [1.807, 2.05) is 6.07 Å². The molecule has 3 rings (SSSR count). The number of aromatic nitrogens is 2. The molecule has 1 aliphatic heterocycles. The van der Waals surface area contributed by atoms with Gasteiger partial charge in [-0.15, -0.1) is 0 Å². The number of hydrogen-bond acceptors (Lipinski definition) is 6. The Morgan fingerprint density at radius 3 is 2.72 bits per heavy atom. The van der Waals surface area contributed by atoms with E-state index < -0.39 is 0 Å². The van der Waals surface area contributed by atoms with Crippen LogP contribution in [0.5, 0.6) is 11.5 Å². The third-order valence-electron chi connectivity index (χ3n) is 4.18. The molecular formula is C18H22N4O3. The van der Waals surface area contributed by atoms with Crippen molar-refractivity contribution in [1.82, 2.24) is 15.3 Å². The first kappa shape index (κ1) is 17.0. The number of nitrogens with zero attached hydrogens (tertiary/aromatic N) is 3. The summed E-state index contributed by atoms with van der Waals surface area (Å²) in [6, 6.07) is 7.10. The predicted molar refractivity (Wildman–Crippen MR) is 94.2 cm³/mol. The van der Waals surface area contributed by atoms with Crippen LogP contribution in [0.2, 0.25) is 0 Å². The maximum absolute atomic E-state index is 12.5. The van der Waals surface area contributed by atoms with Crippen molar-refractivity contribution in [3.05, 3.63) is 41.9 Å².